The fourth-order valence-electron chi connectivity index (χ4n) is 7.33. The summed E-state index contributed by atoms with van der Waals surface area (Å²) in [5.41, 5.74) is 0. The van der Waals surface area contributed by atoms with Crippen LogP contribution in [0, 0.1) is 0 Å². The highest BCUT2D eigenvalue weighted by Gasteiger charge is 2.19. The predicted octanol–water partition coefficient (Wildman–Crippen LogP) is 18.1. The van der Waals surface area contributed by atoms with Crippen molar-refractivity contribution in [1.29, 1.82) is 0 Å². The van der Waals surface area contributed by atoms with E-state index < -0.39 is 12.1 Å². The molecule has 0 radical (unpaired) electrons. The van der Waals surface area contributed by atoms with Gasteiger partial charge in [0.15, 0.2) is 6.10 Å². The number of ether oxygens (including phenoxy) is 3. The van der Waals surface area contributed by atoms with E-state index in [9.17, 15) is 14.4 Å². The average Bonchev–Trinajstić information content (AvgIpc) is 3.31. The van der Waals surface area contributed by atoms with Gasteiger partial charge in [0.1, 0.15) is 13.2 Å². The van der Waals surface area contributed by atoms with Crippen LogP contribution in [0.15, 0.2) is 97.2 Å². The van der Waals surface area contributed by atoms with Gasteiger partial charge < -0.3 is 14.2 Å². The summed E-state index contributed by atoms with van der Waals surface area (Å²) in [7, 11) is 0. The summed E-state index contributed by atoms with van der Waals surface area (Å²) in [6.45, 7) is 6.35. The molecule has 0 bridgehead atoms. The van der Waals surface area contributed by atoms with Crippen molar-refractivity contribution in [3.05, 3.63) is 97.2 Å². The normalized spacial score (nSPS) is 12.8. The van der Waals surface area contributed by atoms with Gasteiger partial charge in [-0.05, 0) is 83.5 Å². The first kappa shape index (κ1) is 62.3. The largest absolute Gasteiger partial charge is 0.462 e. The second-order valence-corrected chi connectivity index (χ2v) is 17.7. The molecule has 0 aliphatic rings. The van der Waals surface area contributed by atoms with E-state index in [1.165, 1.54) is 109 Å². The number of unbranched alkanes of at least 4 members (excludes halogenated alkanes) is 21. The second-order valence-electron chi connectivity index (χ2n) is 17.7. The summed E-state index contributed by atoms with van der Waals surface area (Å²) in [5, 5.41) is 0. The Bertz CT molecular complexity index is 1330. The molecule has 0 fully saturated rings. The van der Waals surface area contributed by atoms with E-state index in [1.807, 2.05) is 12.2 Å². The van der Waals surface area contributed by atoms with Crippen LogP contribution >= 0.6 is 0 Å². The molecule has 0 saturated carbocycles. The first-order valence-corrected chi connectivity index (χ1v) is 27.2. The number of hydrogen-bond acceptors (Lipinski definition) is 6. The maximum Gasteiger partial charge on any atom is 0.306 e. The van der Waals surface area contributed by atoms with Crippen molar-refractivity contribution >= 4 is 17.9 Å². The lowest BCUT2D eigenvalue weighted by Gasteiger charge is -2.18. The molecule has 0 aromatic carbocycles. The van der Waals surface area contributed by atoms with Crippen LogP contribution in [-0.4, -0.2) is 37.2 Å². The molecule has 0 aliphatic carbocycles. The number of rotatable bonds is 48. The van der Waals surface area contributed by atoms with E-state index in [2.05, 4.69) is 106 Å². The van der Waals surface area contributed by atoms with Gasteiger partial charge in [0.25, 0.3) is 0 Å². The third-order valence-corrected chi connectivity index (χ3v) is 11.3. The average molecular weight is 917 g/mol. The third-order valence-electron chi connectivity index (χ3n) is 11.3. The number of hydrogen-bond donors (Lipinski definition) is 0. The summed E-state index contributed by atoms with van der Waals surface area (Å²) in [6, 6.07) is 0. The van der Waals surface area contributed by atoms with Crippen LogP contribution in [0.4, 0.5) is 0 Å². The molecule has 1 unspecified atom stereocenters. The summed E-state index contributed by atoms with van der Waals surface area (Å²) in [6.07, 6.45) is 71.2. The minimum absolute atomic E-state index is 0.107. The zero-order chi connectivity index (χ0) is 47.9. The zero-order valence-corrected chi connectivity index (χ0v) is 42.9. The lowest BCUT2D eigenvalue weighted by atomic mass is 10.0. The summed E-state index contributed by atoms with van der Waals surface area (Å²) < 4.78 is 16.8. The Labute approximate surface area is 407 Å². The van der Waals surface area contributed by atoms with Gasteiger partial charge in [-0.25, -0.2) is 0 Å². The monoisotopic (exact) mass is 917 g/mol. The maximum atomic E-state index is 12.8. The van der Waals surface area contributed by atoms with Gasteiger partial charge >= 0.3 is 17.9 Å². The third kappa shape index (κ3) is 51.3. The molecule has 6 heteroatoms. The Morgan fingerprint density at radius 2 is 0.621 bits per heavy atom. The number of carbonyl (C=O) groups is 3. The molecular weight excluding hydrogens is 817 g/mol. The van der Waals surface area contributed by atoms with Crippen molar-refractivity contribution in [3.63, 3.8) is 0 Å². The molecule has 376 valence electrons. The van der Waals surface area contributed by atoms with Crippen molar-refractivity contribution in [2.24, 2.45) is 0 Å². The summed E-state index contributed by atoms with van der Waals surface area (Å²) in [5.74, 6) is -0.996. The zero-order valence-electron chi connectivity index (χ0n) is 42.9. The van der Waals surface area contributed by atoms with Crippen molar-refractivity contribution < 1.29 is 28.6 Å². The van der Waals surface area contributed by atoms with E-state index in [0.29, 0.717) is 19.3 Å². The molecular formula is C60H100O6. The highest BCUT2D eigenvalue weighted by molar-refractivity contribution is 5.71. The Hall–Kier alpha value is -3.67. The number of esters is 3. The van der Waals surface area contributed by atoms with Crippen LogP contribution in [0.25, 0.3) is 0 Å². The lowest BCUT2D eigenvalue weighted by Crippen LogP contribution is -2.30. The molecule has 1 atom stereocenters. The fraction of sp³-hybridized carbons (Fsp3) is 0.683. The van der Waals surface area contributed by atoms with Gasteiger partial charge in [0.2, 0.25) is 0 Å². The Balaban J connectivity index is 4.47. The molecule has 0 spiro atoms. The van der Waals surface area contributed by atoms with Crippen LogP contribution in [0.5, 0.6) is 0 Å². The highest BCUT2D eigenvalue weighted by atomic mass is 16.6. The quantitative estimate of drug-likeness (QED) is 0.0262. The fourth-order valence-corrected chi connectivity index (χ4v) is 7.33. The predicted molar refractivity (Wildman–Crippen MR) is 284 cm³/mol. The molecule has 66 heavy (non-hydrogen) atoms. The van der Waals surface area contributed by atoms with Crippen molar-refractivity contribution in [2.75, 3.05) is 13.2 Å². The van der Waals surface area contributed by atoms with Crippen LogP contribution in [0.1, 0.15) is 245 Å². The van der Waals surface area contributed by atoms with Crippen LogP contribution in [0.3, 0.4) is 0 Å². The van der Waals surface area contributed by atoms with Gasteiger partial charge in [-0.2, -0.15) is 0 Å². The van der Waals surface area contributed by atoms with Gasteiger partial charge in [-0.3, -0.25) is 14.4 Å². The molecule has 0 heterocycles. The molecule has 6 nitrogen and oxygen atoms in total. The first-order valence-electron chi connectivity index (χ1n) is 27.2. The molecule has 0 aromatic rings. The maximum absolute atomic E-state index is 12.8. The van der Waals surface area contributed by atoms with Crippen molar-refractivity contribution in [2.45, 2.75) is 252 Å². The van der Waals surface area contributed by atoms with E-state index in [1.54, 1.807) is 0 Å². The standard InChI is InChI=1S/C60H100O6/c1-4-7-10-13-16-19-22-25-27-29-30-31-33-35-38-41-44-47-50-53-59(62)65-56-57(55-64-58(61)52-49-46-43-40-37-34-24-21-18-15-12-9-6-3)66-60(63)54-51-48-45-42-39-36-32-28-26-23-20-17-14-11-8-5-2/h7-8,10-11,16-17,19-20,25-28,36,39,45,48,57H,4-6,9,12-15,18,21-24,29-35,37-38,40-44,46-47,49-56H2,1-3H3/b10-7-,11-8-,19-16-,20-17-,27-25-,28-26-,39-36-,48-45-. The minimum atomic E-state index is -0.818. The van der Waals surface area contributed by atoms with Crippen LogP contribution < -0.4 is 0 Å². The van der Waals surface area contributed by atoms with E-state index in [0.717, 1.165) is 89.9 Å². The van der Waals surface area contributed by atoms with Gasteiger partial charge in [-0.1, -0.05) is 240 Å². The van der Waals surface area contributed by atoms with Crippen molar-refractivity contribution in [1.82, 2.24) is 0 Å². The van der Waals surface area contributed by atoms with Crippen LogP contribution in [0.2, 0.25) is 0 Å². The second kappa shape index (κ2) is 53.9. The van der Waals surface area contributed by atoms with Gasteiger partial charge in [0, 0.05) is 19.3 Å². The molecule has 0 amide bonds. The molecule has 0 N–H and O–H groups in total. The molecule has 0 aliphatic heterocycles. The molecule has 0 aromatic heterocycles. The highest BCUT2D eigenvalue weighted by Crippen LogP contribution is 2.15. The summed E-state index contributed by atoms with van der Waals surface area (Å²) >= 11 is 0. The summed E-state index contributed by atoms with van der Waals surface area (Å²) in [4.78, 5) is 38.0. The first-order chi connectivity index (χ1) is 32.5. The van der Waals surface area contributed by atoms with Crippen molar-refractivity contribution in [3.8, 4) is 0 Å². The molecule has 0 rings (SSSR count). The lowest BCUT2D eigenvalue weighted by molar-refractivity contribution is -0.166. The van der Waals surface area contributed by atoms with E-state index in [4.69, 9.17) is 14.2 Å². The van der Waals surface area contributed by atoms with Gasteiger partial charge in [0.05, 0.1) is 0 Å². The number of carbonyl (C=O) groups excluding carboxylic acids is 3. The van der Waals surface area contributed by atoms with Gasteiger partial charge in [-0.15, -0.1) is 0 Å². The topological polar surface area (TPSA) is 78.9 Å². The Morgan fingerprint density at radius 3 is 0.985 bits per heavy atom. The van der Waals surface area contributed by atoms with E-state index in [-0.39, 0.29) is 31.6 Å². The minimum Gasteiger partial charge on any atom is -0.462 e. The van der Waals surface area contributed by atoms with Crippen LogP contribution in [-0.2, 0) is 28.6 Å². The number of allylic oxidation sites excluding steroid dienone is 16. The smallest absolute Gasteiger partial charge is 0.306 e. The Morgan fingerprint density at radius 1 is 0.318 bits per heavy atom. The molecule has 0 saturated heterocycles. The Kier molecular flexibility index (Phi) is 50.9. The SMILES string of the molecule is CC/C=C\C/C=C\C/C=C\C/C=C\C/C=C\CCC(=O)OC(COC(=O)CCCCCCCCCCC/C=C\C/C=C\C/C=C\CC)COC(=O)CCCCCCCCCCCCCCC. The van der Waals surface area contributed by atoms with E-state index >= 15 is 0 Å².